The molecule has 26 heavy (non-hydrogen) atoms. The van der Waals surface area contributed by atoms with Crippen LogP contribution in [0.3, 0.4) is 0 Å². The van der Waals surface area contributed by atoms with Crippen LogP contribution in [0.1, 0.15) is 52.7 Å². The summed E-state index contributed by atoms with van der Waals surface area (Å²) >= 11 is 0. The lowest BCUT2D eigenvalue weighted by Crippen LogP contribution is -2.11. The first-order chi connectivity index (χ1) is 12.1. The van der Waals surface area contributed by atoms with Gasteiger partial charge in [-0.25, -0.2) is 4.79 Å². The number of hydrogen-bond acceptors (Lipinski definition) is 3. The van der Waals surface area contributed by atoms with Crippen LogP contribution in [0, 0.1) is 0 Å². The zero-order chi connectivity index (χ0) is 19.4. The average Bonchev–Trinajstić information content (AvgIpc) is 2.54. The zero-order valence-corrected chi connectivity index (χ0v) is 16.5. The molecule has 0 saturated heterocycles. The summed E-state index contributed by atoms with van der Waals surface area (Å²) in [6.07, 6.45) is 2.62. The van der Waals surface area contributed by atoms with E-state index in [9.17, 15) is 4.79 Å². The van der Waals surface area contributed by atoms with E-state index in [1.165, 1.54) is 23.5 Å². The largest absolute Gasteiger partial charge is 0.465 e. The van der Waals surface area contributed by atoms with Crippen molar-refractivity contribution in [1.82, 2.24) is 0 Å². The standard InChI is InChI=1S/C23H28O3/c1-22(2,3)17-7-11-19(12-8-17)25-16-15-21(24)26-20-13-9-18(10-14-20)23(4,5)6/h7-16H,1-6H3. The summed E-state index contributed by atoms with van der Waals surface area (Å²) in [5.41, 5.74) is 2.58. The molecule has 2 rings (SSSR count). The highest BCUT2D eigenvalue weighted by Crippen LogP contribution is 2.25. The molecular weight excluding hydrogens is 324 g/mol. The van der Waals surface area contributed by atoms with Crippen molar-refractivity contribution in [2.45, 2.75) is 52.4 Å². The molecule has 0 N–H and O–H groups in total. The Morgan fingerprint density at radius 3 is 1.58 bits per heavy atom. The van der Waals surface area contributed by atoms with Gasteiger partial charge in [0.2, 0.25) is 0 Å². The van der Waals surface area contributed by atoms with Gasteiger partial charge < -0.3 is 9.47 Å². The third-order valence-corrected chi connectivity index (χ3v) is 4.07. The van der Waals surface area contributed by atoms with Crippen LogP contribution in [0.2, 0.25) is 0 Å². The van der Waals surface area contributed by atoms with E-state index >= 15 is 0 Å². The quantitative estimate of drug-likeness (QED) is 0.303. The van der Waals surface area contributed by atoms with Crippen LogP contribution in [-0.2, 0) is 15.6 Å². The van der Waals surface area contributed by atoms with Crippen molar-refractivity contribution >= 4 is 5.97 Å². The average molecular weight is 352 g/mol. The van der Waals surface area contributed by atoms with E-state index in [4.69, 9.17) is 9.47 Å². The van der Waals surface area contributed by atoms with Crippen molar-refractivity contribution in [3.05, 3.63) is 72.0 Å². The second kappa shape index (κ2) is 7.77. The van der Waals surface area contributed by atoms with Crippen LogP contribution in [0.15, 0.2) is 60.9 Å². The molecule has 0 radical (unpaired) electrons. The molecular formula is C23H28O3. The van der Waals surface area contributed by atoms with Gasteiger partial charge in [0, 0.05) is 0 Å². The second-order valence-electron chi connectivity index (χ2n) is 8.39. The molecule has 3 heteroatoms. The summed E-state index contributed by atoms with van der Waals surface area (Å²) in [5, 5.41) is 0. The van der Waals surface area contributed by atoms with Crippen LogP contribution in [0.4, 0.5) is 0 Å². The Bertz CT molecular complexity index is 755. The van der Waals surface area contributed by atoms with Gasteiger partial charge in [-0.15, -0.1) is 0 Å². The van der Waals surface area contributed by atoms with Gasteiger partial charge in [-0.05, 0) is 46.2 Å². The Balaban J connectivity index is 1.89. The van der Waals surface area contributed by atoms with E-state index in [-0.39, 0.29) is 10.8 Å². The number of carbonyl (C=O) groups is 1. The molecule has 0 unspecified atom stereocenters. The smallest absolute Gasteiger partial charge is 0.339 e. The highest BCUT2D eigenvalue weighted by atomic mass is 16.5. The molecule has 3 nitrogen and oxygen atoms in total. The predicted octanol–water partition coefficient (Wildman–Crippen LogP) is 5.78. The van der Waals surface area contributed by atoms with Gasteiger partial charge in [-0.1, -0.05) is 65.8 Å². The number of ether oxygens (including phenoxy) is 2. The third-order valence-electron chi connectivity index (χ3n) is 4.07. The Labute approximate surface area is 156 Å². The van der Waals surface area contributed by atoms with E-state index in [1.54, 1.807) is 12.1 Å². The van der Waals surface area contributed by atoms with Crippen LogP contribution in [0.25, 0.3) is 0 Å². The Kier molecular flexibility index (Phi) is 5.91. The second-order valence-corrected chi connectivity index (χ2v) is 8.39. The maximum atomic E-state index is 11.9. The van der Waals surface area contributed by atoms with Crippen molar-refractivity contribution in [3.63, 3.8) is 0 Å². The molecule has 0 saturated carbocycles. The van der Waals surface area contributed by atoms with Gasteiger partial charge in [-0.2, -0.15) is 0 Å². The fraction of sp³-hybridized carbons (Fsp3) is 0.348. The zero-order valence-electron chi connectivity index (χ0n) is 16.5. The highest BCUT2D eigenvalue weighted by molar-refractivity contribution is 5.83. The molecule has 2 aromatic carbocycles. The molecule has 0 aromatic heterocycles. The SMILES string of the molecule is CC(C)(C)c1ccc(OC=CC(=O)Oc2ccc(C(C)(C)C)cc2)cc1. The summed E-state index contributed by atoms with van der Waals surface area (Å²) in [6, 6.07) is 15.4. The van der Waals surface area contributed by atoms with Crippen molar-refractivity contribution in [3.8, 4) is 11.5 Å². The summed E-state index contributed by atoms with van der Waals surface area (Å²) in [6.45, 7) is 12.9. The number of rotatable bonds is 4. The monoisotopic (exact) mass is 352 g/mol. The molecule has 0 aliphatic heterocycles. The van der Waals surface area contributed by atoms with Crippen molar-refractivity contribution < 1.29 is 14.3 Å². The normalized spacial score (nSPS) is 12.2. The molecule has 0 fully saturated rings. The molecule has 0 spiro atoms. The molecule has 0 bridgehead atoms. The highest BCUT2D eigenvalue weighted by Gasteiger charge is 2.14. The van der Waals surface area contributed by atoms with E-state index in [0.717, 1.165) is 0 Å². The van der Waals surface area contributed by atoms with Crippen LogP contribution >= 0.6 is 0 Å². The lowest BCUT2D eigenvalue weighted by atomic mass is 9.87. The lowest BCUT2D eigenvalue weighted by Gasteiger charge is -2.18. The van der Waals surface area contributed by atoms with Gasteiger partial charge in [0.15, 0.2) is 0 Å². The fourth-order valence-corrected chi connectivity index (χ4v) is 2.37. The minimum absolute atomic E-state index is 0.0683. The van der Waals surface area contributed by atoms with E-state index in [0.29, 0.717) is 11.5 Å². The van der Waals surface area contributed by atoms with Crippen LogP contribution < -0.4 is 9.47 Å². The van der Waals surface area contributed by atoms with Gasteiger partial charge in [0.25, 0.3) is 0 Å². The van der Waals surface area contributed by atoms with Crippen LogP contribution in [0.5, 0.6) is 11.5 Å². The van der Waals surface area contributed by atoms with Crippen molar-refractivity contribution in [2.24, 2.45) is 0 Å². The van der Waals surface area contributed by atoms with Gasteiger partial charge in [-0.3, -0.25) is 0 Å². The van der Waals surface area contributed by atoms with E-state index in [1.807, 2.05) is 36.4 Å². The summed E-state index contributed by atoms with van der Waals surface area (Å²) in [4.78, 5) is 11.9. The topological polar surface area (TPSA) is 35.5 Å². The van der Waals surface area contributed by atoms with E-state index in [2.05, 4.69) is 41.5 Å². The number of benzene rings is 2. The maximum absolute atomic E-state index is 11.9. The number of esters is 1. The molecule has 0 atom stereocenters. The lowest BCUT2D eigenvalue weighted by molar-refractivity contribution is -0.129. The summed E-state index contributed by atoms with van der Waals surface area (Å²) in [7, 11) is 0. The molecule has 0 aliphatic rings. The number of hydrogen-bond donors (Lipinski definition) is 0. The first kappa shape index (κ1) is 19.8. The van der Waals surface area contributed by atoms with Gasteiger partial charge >= 0.3 is 5.97 Å². The van der Waals surface area contributed by atoms with Gasteiger partial charge in [0.05, 0.1) is 12.3 Å². The van der Waals surface area contributed by atoms with Crippen molar-refractivity contribution in [1.29, 1.82) is 0 Å². The minimum Gasteiger partial charge on any atom is -0.465 e. The number of carbonyl (C=O) groups excluding carboxylic acids is 1. The predicted molar refractivity (Wildman–Crippen MR) is 106 cm³/mol. The summed E-state index contributed by atoms with van der Waals surface area (Å²) < 4.78 is 10.7. The molecule has 0 amide bonds. The van der Waals surface area contributed by atoms with Crippen LogP contribution in [-0.4, -0.2) is 5.97 Å². The molecule has 0 heterocycles. The molecule has 2 aromatic rings. The first-order valence-corrected chi connectivity index (χ1v) is 8.82. The van der Waals surface area contributed by atoms with Gasteiger partial charge in [0.1, 0.15) is 11.5 Å². The van der Waals surface area contributed by atoms with E-state index < -0.39 is 5.97 Å². The fourth-order valence-electron chi connectivity index (χ4n) is 2.37. The Morgan fingerprint density at radius 1 is 0.731 bits per heavy atom. The van der Waals surface area contributed by atoms with Crippen molar-refractivity contribution in [2.75, 3.05) is 0 Å². The minimum atomic E-state index is -0.472. The maximum Gasteiger partial charge on any atom is 0.339 e. The Hall–Kier alpha value is -2.55. The summed E-state index contributed by atoms with van der Waals surface area (Å²) in [5.74, 6) is 0.721. The third kappa shape index (κ3) is 5.76. The first-order valence-electron chi connectivity index (χ1n) is 8.82. The molecule has 0 aliphatic carbocycles. The molecule has 138 valence electrons. The Morgan fingerprint density at radius 2 is 1.15 bits per heavy atom.